The van der Waals surface area contributed by atoms with E-state index in [2.05, 4.69) is 5.10 Å². The summed E-state index contributed by atoms with van der Waals surface area (Å²) in [6.45, 7) is 0.526. The van der Waals surface area contributed by atoms with Crippen molar-refractivity contribution in [3.8, 4) is 11.3 Å². The van der Waals surface area contributed by atoms with Gasteiger partial charge in [0, 0.05) is 37.6 Å². The molecule has 1 fully saturated rings. The van der Waals surface area contributed by atoms with E-state index in [0.29, 0.717) is 23.7 Å². The molecule has 1 aliphatic rings. The first kappa shape index (κ1) is 14.1. The Labute approximate surface area is 127 Å². The molecule has 3 rings (SSSR count). The summed E-state index contributed by atoms with van der Waals surface area (Å²) in [6.07, 6.45) is 0.355. The fourth-order valence-electron chi connectivity index (χ4n) is 2.68. The largest absolute Gasteiger partial charge is 0.374 e. The number of carbonyl (C=O) groups is 1. The highest BCUT2D eigenvalue weighted by molar-refractivity contribution is 6.30. The second-order valence-electron chi connectivity index (χ2n) is 5.39. The summed E-state index contributed by atoms with van der Waals surface area (Å²) in [5, 5.41) is 15.6. The van der Waals surface area contributed by atoms with Crippen LogP contribution < -0.4 is 0 Å². The molecule has 0 bridgehead atoms. The molecule has 110 valence electrons. The van der Waals surface area contributed by atoms with E-state index in [-0.39, 0.29) is 5.91 Å². The number of carbonyl (C=O) groups excluding carboxylic acids is 1. The van der Waals surface area contributed by atoms with Crippen LogP contribution in [0.4, 0.5) is 0 Å². The number of nitrogens with zero attached hydrogens (tertiary/aromatic N) is 3. The molecule has 1 aromatic carbocycles. The molecule has 6 heteroatoms. The van der Waals surface area contributed by atoms with E-state index in [0.717, 1.165) is 11.3 Å². The highest BCUT2D eigenvalue weighted by Crippen LogP contribution is 2.34. The number of aromatic nitrogens is 2. The maximum absolute atomic E-state index is 12.1. The Balaban J connectivity index is 2.05. The van der Waals surface area contributed by atoms with Gasteiger partial charge in [-0.3, -0.25) is 9.48 Å². The number of amides is 1. The number of hydrogen-bond donors (Lipinski definition) is 1. The van der Waals surface area contributed by atoms with Gasteiger partial charge in [-0.1, -0.05) is 23.7 Å². The number of hydrogen-bond acceptors (Lipinski definition) is 3. The molecule has 2 aromatic rings. The molecule has 0 spiro atoms. The Hall–Kier alpha value is -1.85. The van der Waals surface area contributed by atoms with Crippen molar-refractivity contribution in [2.45, 2.75) is 12.0 Å². The first-order valence-corrected chi connectivity index (χ1v) is 7.08. The molecule has 1 atom stereocenters. The third-order valence-electron chi connectivity index (χ3n) is 3.93. The molecule has 1 aliphatic heterocycles. The van der Waals surface area contributed by atoms with Gasteiger partial charge >= 0.3 is 0 Å². The summed E-state index contributed by atoms with van der Waals surface area (Å²) in [5.74, 6) is -0.307. The molecule has 1 N–H and O–H groups in total. The predicted molar refractivity (Wildman–Crippen MR) is 79.8 cm³/mol. The van der Waals surface area contributed by atoms with Gasteiger partial charge in [0.05, 0.1) is 5.69 Å². The van der Waals surface area contributed by atoms with E-state index >= 15 is 0 Å². The van der Waals surface area contributed by atoms with Gasteiger partial charge in [-0.2, -0.15) is 5.10 Å². The van der Waals surface area contributed by atoms with Crippen molar-refractivity contribution in [2.24, 2.45) is 7.05 Å². The lowest BCUT2D eigenvalue weighted by molar-refractivity contribution is -0.143. The normalized spacial score (nSPS) is 22.1. The van der Waals surface area contributed by atoms with E-state index in [9.17, 15) is 9.90 Å². The van der Waals surface area contributed by atoms with Crippen molar-refractivity contribution in [1.82, 2.24) is 14.7 Å². The van der Waals surface area contributed by atoms with Gasteiger partial charge in [-0.05, 0) is 18.2 Å². The Kier molecular flexibility index (Phi) is 3.26. The Morgan fingerprint density at radius 3 is 2.71 bits per heavy atom. The number of aryl methyl sites for hydroxylation is 1. The molecule has 5 nitrogen and oxygen atoms in total. The van der Waals surface area contributed by atoms with Crippen molar-refractivity contribution in [3.05, 3.63) is 41.0 Å². The first-order chi connectivity index (χ1) is 9.91. The lowest BCUT2D eigenvalue weighted by Gasteiger charge is -2.17. The predicted octanol–water partition coefficient (Wildman–Crippen LogP) is 1.79. The maximum Gasteiger partial charge on any atom is 0.260 e. The standard InChI is InChI=1S/C15H16ClN3O2/c1-18-7-6-15(21,14(18)20)13-9-12(19(2)17-13)10-4-3-5-11(16)8-10/h3-5,8-9,21H,6-7H2,1-2H3. The van der Waals surface area contributed by atoms with Crippen LogP contribution in [0.1, 0.15) is 12.1 Å². The monoisotopic (exact) mass is 305 g/mol. The second kappa shape index (κ2) is 4.86. The molecule has 0 aliphatic carbocycles. The number of likely N-dealkylation sites (N-methyl/N-ethyl adjacent to an activating group) is 1. The summed E-state index contributed by atoms with van der Waals surface area (Å²) in [6, 6.07) is 9.15. The average Bonchev–Trinajstić information content (AvgIpc) is 2.96. The summed E-state index contributed by atoms with van der Waals surface area (Å²) < 4.78 is 1.66. The van der Waals surface area contributed by atoms with Crippen LogP contribution in [0.15, 0.2) is 30.3 Å². The third-order valence-corrected chi connectivity index (χ3v) is 4.17. The Morgan fingerprint density at radius 2 is 2.10 bits per heavy atom. The average molecular weight is 306 g/mol. The maximum atomic E-state index is 12.1. The van der Waals surface area contributed by atoms with Gasteiger partial charge in [0.15, 0.2) is 5.60 Å². The zero-order valence-electron chi connectivity index (χ0n) is 11.9. The van der Waals surface area contributed by atoms with Crippen LogP contribution in [0.2, 0.25) is 5.02 Å². The van der Waals surface area contributed by atoms with Gasteiger partial charge in [0.25, 0.3) is 5.91 Å². The van der Waals surface area contributed by atoms with Crippen LogP contribution in [0.3, 0.4) is 0 Å². The SMILES string of the molecule is CN1CCC(O)(c2cc(-c3cccc(Cl)c3)n(C)n2)C1=O. The van der Waals surface area contributed by atoms with E-state index in [1.807, 2.05) is 18.2 Å². The molecular weight excluding hydrogens is 290 g/mol. The molecule has 0 saturated carbocycles. The van der Waals surface area contributed by atoms with Crippen molar-refractivity contribution >= 4 is 17.5 Å². The van der Waals surface area contributed by atoms with E-state index in [1.165, 1.54) is 4.90 Å². The minimum atomic E-state index is -1.52. The van der Waals surface area contributed by atoms with Gasteiger partial charge in [0.1, 0.15) is 5.69 Å². The lowest BCUT2D eigenvalue weighted by atomic mass is 9.97. The van der Waals surface area contributed by atoms with Crippen molar-refractivity contribution in [2.75, 3.05) is 13.6 Å². The minimum Gasteiger partial charge on any atom is -0.374 e. The fourth-order valence-corrected chi connectivity index (χ4v) is 2.87. The van der Waals surface area contributed by atoms with Gasteiger partial charge in [0.2, 0.25) is 0 Å². The molecule has 21 heavy (non-hydrogen) atoms. The fraction of sp³-hybridized carbons (Fsp3) is 0.333. The number of rotatable bonds is 2. The molecular formula is C15H16ClN3O2. The van der Waals surface area contributed by atoms with Crippen LogP contribution in [0.5, 0.6) is 0 Å². The zero-order chi connectivity index (χ0) is 15.2. The zero-order valence-corrected chi connectivity index (χ0v) is 12.6. The molecule has 1 unspecified atom stereocenters. The Morgan fingerprint density at radius 1 is 1.33 bits per heavy atom. The highest BCUT2D eigenvalue weighted by atomic mass is 35.5. The summed E-state index contributed by atoms with van der Waals surface area (Å²) in [5.41, 5.74) is 0.562. The summed E-state index contributed by atoms with van der Waals surface area (Å²) in [7, 11) is 3.47. The van der Waals surface area contributed by atoms with Crippen LogP contribution in [-0.4, -0.2) is 39.3 Å². The Bertz CT molecular complexity index is 713. The number of aliphatic hydroxyl groups is 1. The third kappa shape index (κ3) is 2.22. The van der Waals surface area contributed by atoms with Crippen LogP contribution in [0.25, 0.3) is 11.3 Å². The van der Waals surface area contributed by atoms with Crippen LogP contribution >= 0.6 is 11.6 Å². The van der Waals surface area contributed by atoms with Gasteiger partial charge in [-0.15, -0.1) is 0 Å². The number of halogens is 1. The first-order valence-electron chi connectivity index (χ1n) is 6.70. The molecule has 0 radical (unpaired) electrons. The van der Waals surface area contributed by atoms with Crippen LogP contribution in [0, 0.1) is 0 Å². The van der Waals surface area contributed by atoms with E-state index in [4.69, 9.17) is 11.6 Å². The molecule has 2 heterocycles. The minimum absolute atomic E-state index is 0.307. The highest BCUT2D eigenvalue weighted by Gasteiger charge is 2.47. The molecule has 1 amide bonds. The van der Waals surface area contributed by atoms with Crippen molar-refractivity contribution in [1.29, 1.82) is 0 Å². The molecule has 1 aromatic heterocycles. The number of benzene rings is 1. The van der Waals surface area contributed by atoms with Crippen LogP contribution in [-0.2, 0) is 17.4 Å². The quantitative estimate of drug-likeness (QED) is 0.920. The molecule has 1 saturated heterocycles. The topological polar surface area (TPSA) is 58.4 Å². The van der Waals surface area contributed by atoms with Gasteiger partial charge in [-0.25, -0.2) is 0 Å². The van der Waals surface area contributed by atoms with Crippen molar-refractivity contribution in [3.63, 3.8) is 0 Å². The van der Waals surface area contributed by atoms with E-state index in [1.54, 1.807) is 30.9 Å². The van der Waals surface area contributed by atoms with Gasteiger partial charge < -0.3 is 10.0 Å². The summed E-state index contributed by atoms with van der Waals surface area (Å²) in [4.78, 5) is 13.7. The van der Waals surface area contributed by atoms with E-state index < -0.39 is 5.60 Å². The van der Waals surface area contributed by atoms with Crippen molar-refractivity contribution < 1.29 is 9.90 Å². The second-order valence-corrected chi connectivity index (χ2v) is 5.82. The summed E-state index contributed by atoms with van der Waals surface area (Å²) >= 11 is 6.01. The lowest BCUT2D eigenvalue weighted by Crippen LogP contribution is -2.36. The smallest absolute Gasteiger partial charge is 0.260 e. The number of likely N-dealkylation sites (tertiary alicyclic amines) is 1.